The summed E-state index contributed by atoms with van der Waals surface area (Å²) in [5, 5.41) is 0. The summed E-state index contributed by atoms with van der Waals surface area (Å²) in [6.07, 6.45) is 11.6. The lowest BCUT2D eigenvalue weighted by Crippen LogP contribution is -2.51. The summed E-state index contributed by atoms with van der Waals surface area (Å²) in [5.41, 5.74) is 6.84. The van der Waals surface area contributed by atoms with Crippen LogP contribution in [0, 0.1) is 84.2 Å². The normalized spacial score (nSPS) is 40.7. The van der Waals surface area contributed by atoms with Crippen LogP contribution in [0.3, 0.4) is 0 Å². The fraction of sp³-hybridized carbons (Fsp3) is 1.00. The van der Waals surface area contributed by atoms with E-state index in [0.717, 1.165) is 83.8 Å². The molecule has 6 saturated carbocycles. The molecule has 0 aromatic heterocycles. The van der Waals surface area contributed by atoms with Crippen molar-refractivity contribution in [2.75, 3.05) is 26.2 Å². The lowest BCUT2D eigenvalue weighted by Gasteiger charge is -2.45. The van der Waals surface area contributed by atoms with Crippen molar-refractivity contribution >= 4 is 0 Å². The van der Waals surface area contributed by atoms with Crippen LogP contribution < -0.4 is 0 Å². The smallest absolute Gasteiger partial charge is 0.0183 e. The predicted molar refractivity (Wildman–Crippen MR) is 384 cm³/mol. The molecule has 12 rings (SSSR count). The molecule has 0 bridgehead atoms. The van der Waals surface area contributed by atoms with Crippen molar-refractivity contribution < 1.29 is 0 Å². The van der Waals surface area contributed by atoms with Crippen LogP contribution in [0.15, 0.2) is 0 Å². The van der Waals surface area contributed by atoms with Crippen LogP contribution in [0.25, 0.3) is 0 Å². The lowest BCUT2D eigenvalue weighted by molar-refractivity contribution is 0.0354. The topological polar surface area (TPSA) is 19.4 Å². The lowest BCUT2D eigenvalue weighted by atomic mass is 9.81. The van der Waals surface area contributed by atoms with Crippen molar-refractivity contribution in [2.45, 2.75) is 410 Å². The highest BCUT2D eigenvalue weighted by Gasteiger charge is 2.68. The molecule has 0 aromatic rings. The van der Waals surface area contributed by atoms with E-state index < -0.39 is 0 Å². The van der Waals surface area contributed by atoms with Gasteiger partial charge in [-0.25, -0.2) is 0 Å². The van der Waals surface area contributed by atoms with Crippen molar-refractivity contribution in [3.63, 3.8) is 0 Å². The maximum atomic E-state index is 2.80. The van der Waals surface area contributed by atoms with E-state index in [-0.39, 0.29) is 0 Å². The van der Waals surface area contributed by atoms with Gasteiger partial charge in [0.15, 0.2) is 0 Å². The van der Waals surface area contributed by atoms with Gasteiger partial charge < -0.3 is 0 Å². The van der Waals surface area contributed by atoms with Gasteiger partial charge in [0.25, 0.3) is 0 Å². The van der Waals surface area contributed by atoms with Crippen LogP contribution in [0.4, 0.5) is 0 Å². The molecule has 12 fully saturated rings. The molecule has 0 N–H and O–H groups in total. The van der Waals surface area contributed by atoms with Gasteiger partial charge in [0.2, 0.25) is 0 Å². The van der Waals surface area contributed by atoms with Gasteiger partial charge in [-0.1, -0.05) is 145 Å². The molecule has 6 heteroatoms. The highest BCUT2D eigenvalue weighted by Crippen LogP contribution is 2.67. The van der Waals surface area contributed by atoms with Gasteiger partial charge in [-0.05, 0) is 267 Å². The van der Waals surface area contributed by atoms with Gasteiger partial charge in [-0.2, -0.15) is 0 Å². The molecule has 0 aromatic carbocycles. The van der Waals surface area contributed by atoms with Crippen molar-refractivity contribution in [3.05, 3.63) is 0 Å². The molecule has 6 aliphatic heterocycles. The number of piperidine rings is 6. The van der Waals surface area contributed by atoms with Crippen LogP contribution in [0.5, 0.6) is 0 Å². The summed E-state index contributed by atoms with van der Waals surface area (Å²) in [7, 11) is 0. The number of fused-ring (bicyclic) bond motifs is 6. The molecule has 6 aliphatic carbocycles. The molecule has 0 radical (unpaired) electrons. The molecule has 0 spiro atoms. The first-order valence-corrected chi connectivity index (χ1v) is 37.1. The highest BCUT2D eigenvalue weighted by atomic mass is 15.3. The summed E-state index contributed by atoms with van der Waals surface area (Å²) in [6.45, 7) is 100.0. The Bertz CT molecular complexity index is 2120. The van der Waals surface area contributed by atoms with Gasteiger partial charge in [0, 0.05) is 108 Å². The van der Waals surface area contributed by atoms with Gasteiger partial charge in [0.05, 0.1) is 0 Å². The van der Waals surface area contributed by atoms with Gasteiger partial charge in [0.1, 0.15) is 0 Å². The molecule has 11 unspecified atom stereocenters. The average Bonchev–Trinajstić information content (AvgIpc) is 1.57. The Morgan fingerprint density at radius 1 is 0.299 bits per heavy atom. The van der Waals surface area contributed by atoms with Crippen LogP contribution in [0.2, 0.25) is 0 Å². The van der Waals surface area contributed by atoms with E-state index in [0.29, 0.717) is 82.0 Å². The highest BCUT2D eigenvalue weighted by molar-refractivity contribution is 5.21. The fourth-order valence-electron chi connectivity index (χ4n) is 20.3. The van der Waals surface area contributed by atoms with Crippen molar-refractivity contribution in [1.82, 2.24) is 29.4 Å². The fourth-order valence-corrected chi connectivity index (χ4v) is 20.3. The Kier molecular flexibility index (Phi) is 20.5. The third-order valence-corrected chi connectivity index (χ3v) is 24.7. The Morgan fingerprint density at radius 3 is 0.782 bits per heavy atom. The quantitative estimate of drug-likeness (QED) is 0.239. The Hall–Kier alpha value is -0.240. The van der Waals surface area contributed by atoms with Crippen molar-refractivity contribution in [2.24, 2.45) is 84.2 Å². The summed E-state index contributed by atoms with van der Waals surface area (Å²) < 4.78 is 0. The second-order valence-electron chi connectivity index (χ2n) is 44.8. The predicted octanol–water partition coefficient (Wildman–Crippen LogP) is 20.8. The first-order valence-electron chi connectivity index (χ1n) is 37.1. The number of hydrogen-bond acceptors (Lipinski definition) is 6. The molecular formula is C81H158N6. The summed E-state index contributed by atoms with van der Waals surface area (Å²) >= 11 is 0. The van der Waals surface area contributed by atoms with Gasteiger partial charge in [-0.3, -0.25) is 29.4 Å². The monoisotopic (exact) mass is 1220 g/mol. The number of rotatable bonds is 0. The van der Waals surface area contributed by atoms with Crippen LogP contribution in [-0.4, -0.2) is 137 Å². The minimum Gasteiger partial charge on any atom is -0.294 e. The van der Waals surface area contributed by atoms with E-state index in [1.165, 1.54) is 77.5 Å². The van der Waals surface area contributed by atoms with E-state index in [9.17, 15) is 0 Å². The largest absolute Gasteiger partial charge is 0.294 e. The molecule has 12 aliphatic rings. The van der Waals surface area contributed by atoms with Crippen LogP contribution >= 0.6 is 0 Å². The molecule has 18 atom stereocenters. The van der Waals surface area contributed by atoms with Gasteiger partial charge in [-0.15, -0.1) is 0 Å². The minimum atomic E-state index is 0.328. The van der Waals surface area contributed by atoms with E-state index >= 15 is 0 Å². The minimum absolute atomic E-state index is 0.328. The summed E-state index contributed by atoms with van der Waals surface area (Å²) in [6, 6.07) is 6.51. The second kappa shape index (κ2) is 23.5. The van der Waals surface area contributed by atoms with Crippen LogP contribution in [0.1, 0.15) is 328 Å². The molecular weight excluding hydrogens is 1060 g/mol. The maximum Gasteiger partial charge on any atom is 0.0183 e. The van der Waals surface area contributed by atoms with E-state index in [2.05, 4.69) is 293 Å². The molecule has 6 nitrogen and oxygen atoms in total. The third kappa shape index (κ3) is 16.7. The molecule has 87 heavy (non-hydrogen) atoms. The van der Waals surface area contributed by atoms with Crippen LogP contribution in [-0.2, 0) is 0 Å². The molecule has 6 heterocycles. The number of hydrogen-bond donors (Lipinski definition) is 0. The van der Waals surface area contributed by atoms with E-state index in [1.807, 2.05) is 13.8 Å². The van der Waals surface area contributed by atoms with E-state index in [4.69, 9.17) is 0 Å². The zero-order chi connectivity index (χ0) is 67.5. The second-order valence-corrected chi connectivity index (χ2v) is 44.8. The van der Waals surface area contributed by atoms with Crippen molar-refractivity contribution in [3.8, 4) is 0 Å². The molecule has 6 saturated heterocycles. The SMILES string of the molecule is CC.CC(C)(C)C1C2CC2(C)CN1C(C)(C)C.CC(C)(C)C1C2CC2CN1C(C)(C)C.CC(C)(C)C1CC2(C)CC2N1C(C)(C)C.CC(C)(C)C1[C@@H]2C[C@@H]2CN1C(C)(C)C.CC(C)(C)C1[C@@H]2C[C@]2(C)CN1C(C)(C)C.C[C@@H]1C[C@@]2(C)C[C@H]2N1C(C)(C)C. The van der Waals surface area contributed by atoms with E-state index in [1.54, 1.807) is 0 Å². The zero-order valence-corrected chi connectivity index (χ0v) is 66.8. The number of likely N-dealkylation sites (tertiary alicyclic amines) is 6. The maximum absolute atomic E-state index is 2.80. The Labute approximate surface area is 546 Å². The first kappa shape index (κ1) is 75.8. The van der Waals surface area contributed by atoms with Crippen molar-refractivity contribution in [1.29, 1.82) is 0 Å². The Morgan fingerprint density at radius 2 is 0.586 bits per heavy atom. The Balaban J connectivity index is 0.000000166. The molecule has 0 amide bonds. The molecule has 512 valence electrons. The van der Waals surface area contributed by atoms with Gasteiger partial charge >= 0.3 is 0 Å². The average molecular weight is 1220 g/mol. The number of nitrogens with zero attached hydrogens (tertiary/aromatic N) is 6. The first-order chi connectivity index (χ1) is 38.4. The summed E-state index contributed by atoms with van der Waals surface area (Å²) in [5.74, 6) is 5.98. The third-order valence-electron chi connectivity index (χ3n) is 24.7. The standard InChI is InChI=1S/3C14H27N.2C13H25N.C11H21N.C2H6/c2*1-12(2,3)11-10-8-14(10,7)9-15(11)13(4,5)6;1-12(2,3)10-8-14(7)9-11(14)15(10)13(4,5)6;2*1-12(2,3)11-10-7-9(10)8-14(11)13(4,5)6;1-8-6-11(5)7-9(11)12(8)10(2,3)4;1-2/h3*10-11H,8-9H2,1-7H3;2*9-11H,7-8H2,1-6H3;8-9H,6-7H2,1-5H3;1-2H3/t10-,11?,14+;;;9-,10-,11?;;8-,9-,11+;/m0..1.1./s1. The summed E-state index contributed by atoms with van der Waals surface area (Å²) in [4.78, 5) is 16.5. The zero-order valence-electron chi connectivity index (χ0n) is 66.8.